The SMILES string of the molecule is COc1cccn2cc(Br)nc12. The van der Waals surface area contributed by atoms with E-state index in [1.54, 1.807) is 7.11 Å². The van der Waals surface area contributed by atoms with E-state index in [4.69, 9.17) is 4.74 Å². The average molecular weight is 227 g/mol. The van der Waals surface area contributed by atoms with Gasteiger partial charge in [-0.05, 0) is 28.1 Å². The molecule has 3 nitrogen and oxygen atoms in total. The maximum atomic E-state index is 5.14. The Morgan fingerprint density at radius 1 is 1.58 bits per heavy atom. The largest absolute Gasteiger partial charge is 0.493 e. The fourth-order valence-electron chi connectivity index (χ4n) is 1.12. The Bertz CT molecular complexity index is 410. The van der Waals surface area contributed by atoms with Crippen LogP contribution in [0.25, 0.3) is 5.65 Å². The second-order valence-corrected chi connectivity index (χ2v) is 3.18. The van der Waals surface area contributed by atoms with Crippen LogP contribution in [0, 0.1) is 0 Å². The van der Waals surface area contributed by atoms with Gasteiger partial charge in [0, 0.05) is 12.4 Å². The van der Waals surface area contributed by atoms with Gasteiger partial charge in [0.1, 0.15) is 4.60 Å². The standard InChI is InChI=1S/C8H7BrN2O/c1-12-6-3-2-4-11-5-7(9)10-8(6)11/h2-5H,1H3. The zero-order chi connectivity index (χ0) is 8.55. The summed E-state index contributed by atoms with van der Waals surface area (Å²) in [5, 5.41) is 0. The molecule has 0 bridgehead atoms. The van der Waals surface area contributed by atoms with Crippen molar-refractivity contribution in [3.8, 4) is 5.75 Å². The third-order valence-electron chi connectivity index (χ3n) is 1.64. The number of imidazole rings is 1. The second kappa shape index (κ2) is 2.79. The van der Waals surface area contributed by atoms with Gasteiger partial charge in [0.15, 0.2) is 11.4 Å². The summed E-state index contributed by atoms with van der Waals surface area (Å²) in [6.45, 7) is 0. The number of pyridine rings is 1. The van der Waals surface area contributed by atoms with E-state index in [1.807, 2.05) is 28.9 Å². The minimum absolute atomic E-state index is 0.781. The third-order valence-corrected chi connectivity index (χ3v) is 2.02. The summed E-state index contributed by atoms with van der Waals surface area (Å²) in [6, 6.07) is 3.80. The number of methoxy groups -OCH3 is 1. The molecule has 0 atom stereocenters. The summed E-state index contributed by atoms with van der Waals surface area (Å²) < 4.78 is 7.85. The highest BCUT2D eigenvalue weighted by Crippen LogP contribution is 2.20. The molecule has 0 aliphatic rings. The molecule has 0 amide bonds. The van der Waals surface area contributed by atoms with Crippen LogP contribution in [0.2, 0.25) is 0 Å². The maximum absolute atomic E-state index is 5.14. The summed E-state index contributed by atoms with van der Waals surface area (Å²) in [7, 11) is 1.64. The summed E-state index contributed by atoms with van der Waals surface area (Å²) >= 11 is 3.30. The molecule has 4 heteroatoms. The quantitative estimate of drug-likeness (QED) is 0.745. The predicted molar refractivity (Wildman–Crippen MR) is 49.4 cm³/mol. The molecule has 2 rings (SSSR count). The minimum atomic E-state index is 0.781. The first-order chi connectivity index (χ1) is 5.81. The van der Waals surface area contributed by atoms with Gasteiger partial charge in [-0.3, -0.25) is 0 Å². The van der Waals surface area contributed by atoms with E-state index in [9.17, 15) is 0 Å². The van der Waals surface area contributed by atoms with Crippen LogP contribution in [-0.2, 0) is 0 Å². The lowest BCUT2D eigenvalue weighted by Crippen LogP contribution is -1.88. The number of hydrogen-bond acceptors (Lipinski definition) is 2. The predicted octanol–water partition coefficient (Wildman–Crippen LogP) is 2.11. The minimum Gasteiger partial charge on any atom is -0.493 e. The Kier molecular flexibility index (Phi) is 1.77. The van der Waals surface area contributed by atoms with E-state index in [1.165, 1.54) is 0 Å². The van der Waals surface area contributed by atoms with Gasteiger partial charge in [0.05, 0.1) is 7.11 Å². The Balaban J connectivity index is 2.78. The van der Waals surface area contributed by atoms with Crippen molar-refractivity contribution in [3.63, 3.8) is 0 Å². The van der Waals surface area contributed by atoms with Crippen LogP contribution in [-0.4, -0.2) is 16.5 Å². The number of ether oxygens (including phenoxy) is 1. The first-order valence-electron chi connectivity index (χ1n) is 3.48. The normalized spacial score (nSPS) is 10.5. The number of halogens is 1. The molecule has 0 radical (unpaired) electrons. The Hall–Kier alpha value is -1.03. The molecular formula is C8H7BrN2O. The van der Waals surface area contributed by atoms with Crippen molar-refractivity contribution in [2.45, 2.75) is 0 Å². The van der Waals surface area contributed by atoms with E-state index in [0.717, 1.165) is 16.0 Å². The van der Waals surface area contributed by atoms with Gasteiger partial charge >= 0.3 is 0 Å². The second-order valence-electron chi connectivity index (χ2n) is 2.37. The summed E-state index contributed by atoms with van der Waals surface area (Å²) in [6.07, 6.45) is 3.81. The van der Waals surface area contributed by atoms with Crippen LogP contribution >= 0.6 is 15.9 Å². The van der Waals surface area contributed by atoms with Crippen molar-refractivity contribution >= 4 is 21.6 Å². The first-order valence-corrected chi connectivity index (χ1v) is 4.28. The highest BCUT2D eigenvalue weighted by molar-refractivity contribution is 9.10. The number of fused-ring (bicyclic) bond motifs is 1. The lowest BCUT2D eigenvalue weighted by molar-refractivity contribution is 0.417. The molecule has 2 aromatic heterocycles. The van der Waals surface area contributed by atoms with Crippen molar-refractivity contribution < 1.29 is 4.74 Å². The van der Waals surface area contributed by atoms with Gasteiger partial charge in [-0.1, -0.05) is 0 Å². The molecule has 0 fully saturated rings. The van der Waals surface area contributed by atoms with Crippen LogP contribution in [0.1, 0.15) is 0 Å². The molecule has 0 unspecified atom stereocenters. The number of nitrogens with zero attached hydrogens (tertiary/aromatic N) is 2. The Labute approximate surface area is 78.1 Å². The molecule has 0 saturated carbocycles. The molecule has 0 aliphatic heterocycles. The topological polar surface area (TPSA) is 26.5 Å². The molecule has 2 heterocycles. The molecule has 2 aromatic rings. The molecule has 0 aromatic carbocycles. The van der Waals surface area contributed by atoms with Crippen molar-refractivity contribution in [1.29, 1.82) is 0 Å². The third kappa shape index (κ3) is 1.08. The highest BCUT2D eigenvalue weighted by Gasteiger charge is 2.03. The monoisotopic (exact) mass is 226 g/mol. The molecule has 0 aliphatic carbocycles. The fourth-order valence-corrected chi connectivity index (χ4v) is 1.51. The molecule has 0 N–H and O–H groups in total. The van der Waals surface area contributed by atoms with Crippen LogP contribution in [0.3, 0.4) is 0 Å². The van der Waals surface area contributed by atoms with Crippen molar-refractivity contribution in [3.05, 3.63) is 29.1 Å². The van der Waals surface area contributed by atoms with Gasteiger partial charge < -0.3 is 9.14 Å². The smallest absolute Gasteiger partial charge is 0.180 e. The van der Waals surface area contributed by atoms with Gasteiger partial charge in [0.2, 0.25) is 0 Å². The molecular weight excluding hydrogens is 220 g/mol. The van der Waals surface area contributed by atoms with E-state index in [2.05, 4.69) is 20.9 Å². The van der Waals surface area contributed by atoms with Crippen molar-refractivity contribution in [1.82, 2.24) is 9.38 Å². The van der Waals surface area contributed by atoms with Crippen LogP contribution in [0.15, 0.2) is 29.1 Å². The van der Waals surface area contributed by atoms with E-state index in [0.29, 0.717) is 0 Å². The summed E-state index contributed by atoms with van der Waals surface area (Å²) in [4.78, 5) is 4.24. The van der Waals surface area contributed by atoms with Gasteiger partial charge in [0.25, 0.3) is 0 Å². The van der Waals surface area contributed by atoms with E-state index >= 15 is 0 Å². The Morgan fingerprint density at radius 2 is 2.42 bits per heavy atom. The van der Waals surface area contributed by atoms with Crippen LogP contribution in [0.4, 0.5) is 0 Å². The molecule has 0 saturated heterocycles. The first kappa shape index (κ1) is 7.61. The van der Waals surface area contributed by atoms with Crippen molar-refractivity contribution in [2.24, 2.45) is 0 Å². The van der Waals surface area contributed by atoms with Gasteiger partial charge in [-0.25, -0.2) is 4.98 Å². The number of hydrogen-bond donors (Lipinski definition) is 0. The highest BCUT2D eigenvalue weighted by atomic mass is 79.9. The van der Waals surface area contributed by atoms with E-state index in [-0.39, 0.29) is 0 Å². The van der Waals surface area contributed by atoms with Gasteiger partial charge in [-0.2, -0.15) is 0 Å². The van der Waals surface area contributed by atoms with Gasteiger partial charge in [-0.15, -0.1) is 0 Å². The van der Waals surface area contributed by atoms with E-state index < -0.39 is 0 Å². The van der Waals surface area contributed by atoms with Crippen molar-refractivity contribution in [2.75, 3.05) is 7.11 Å². The zero-order valence-electron chi connectivity index (χ0n) is 6.49. The average Bonchev–Trinajstić information content (AvgIpc) is 2.44. The summed E-state index contributed by atoms with van der Waals surface area (Å²) in [5.74, 6) is 0.781. The lowest BCUT2D eigenvalue weighted by atomic mass is 10.4. The van der Waals surface area contributed by atoms with Crippen LogP contribution < -0.4 is 4.74 Å². The molecule has 0 spiro atoms. The number of aromatic nitrogens is 2. The Morgan fingerprint density at radius 3 is 3.17 bits per heavy atom. The fraction of sp³-hybridized carbons (Fsp3) is 0.125. The van der Waals surface area contributed by atoms with Crippen LogP contribution in [0.5, 0.6) is 5.75 Å². The summed E-state index contributed by atoms with van der Waals surface area (Å²) in [5.41, 5.74) is 0.826. The molecule has 62 valence electrons. The zero-order valence-corrected chi connectivity index (χ0v) is 8.08. The lowest BCUT2D eigenvalue weighted by Gasteiger charge is -1.99. The maximum Gasteiger partial charge on any atom is 0.180 e. The number of rotatable bonds is 1. The molecule has 12 heavy (non-hydrogen) atoms.